The zero-order valence-electron chi connectivity index (χ0n) is 13.0. The Morgan fingerprint density at radius 3 is 2.61 bits per heavy atom. The molecule has 0 saturated carbocycles. The number of anilines is 1. The predicted molar refractivity (Wildman–Crippen MR) is 91.4 cm³/mol. The summed E-state index contributed by atoms with van der Waals surface area (Å²) in [4.78, 5) is 19.5. The van der Waals surface area contributed by atoms with Crippen LogP contribution in [0.25, 0.3) is 22.6 Å². The first kappa shape index (κ1) is 14.8. The van der Waals surface area contributed by atoms with Crippen LogP contribution in [0.4, 0.5) is 5.69 Å². The van der Waals surface area contributed by atoms with E-state index in [0.29, 0.717) is 28.5 Å². The molecule has 3 aromatic rings. The second kappa shape index (κ2) is 5.96. The van der Waals surface area contributed by atoms with Gasteiger partial charge in [-0.25, -0.2) is 4.98 Å². The third-order valence-electron chi connectivity index (χ3n) is 3.64. The predicted octanol–water partition coefficient (Wildman–Crippen LogP) is 3.00. The van der Waals surface area contributed by atoms with Gasteiger partial charge in [0.25, 0.3) is 5.56 Å². The lowest BCUT2D eigenvalue weighted by molar-refractivity contribution is 0.416. The van der Waals surface area contributed by atoms with Gasteiger partial charge in [0.15, 0.2) is 0 Å². The first-order valence-electron chi connectivity index (χ1n) is 7.20. The van der Waals surface area contributed by atoms with E-state index in [2.05, 4.69) is 9.97 Å². The molecule has 0 aliphatic heterocycles. The van der Waals surface area contributed by atoms with Crippen molar-refractivity contribution in [2.45, 2.75) is 6.92 Å². The molecule has 3 N–H and O–H groups in total. The summed E-state index contributed by atoms with van der Waals surface area (Å²) in [5.41, 5.74) is 9.35. The maximum absolute atomic E-state index is 12.1. The first-order valence-corrected chi connectivity index (χ1v) is 7.20. The van der Waals surface area contributed by atoms with E-state index >= 15 is 0 Å². The molecule has 0 saturated heterocycles. The van der Waals surface area contributed by atoms with Gasteiger partial charge in [-0.2, -0.15) is 0 Å². The van der Waals surface area contributed by atoms with Crippen LogP contribution in [0.1, 0.15) is 5.56 Å². The Kier molecular flexibility index (Phi) is 3.85. The van der Waals surface area contributed by atoms with E-state index in [1.54, 1.807) is 25.3 Å². The number of nitrogens with zero attached hydrogens (tertiary/aromatic N) is 1. The highest BCUT2D eigenvalue weighted by atomic mass is 16.5. The van der Waals surface area contributed by atoms with Crippen LogP contribution in [0.3, 0.4) is 0 Å². The Bertz CT molecular complexity index is 916. The molecule has 1 aromatic heterocycles. The van der Waals surface area contributed by atoms with Gasteiger partial charge in [0.05, 0.1) is 12.8 Å². The summed E-state index contributed by atoms with van der Waals surface area (Å²) in [5, 5.41) is 0. The minimum absolute atomic E-state index is 0.224. The monoisotopic (exact) mass is 307 g/mol. The highest BCUT2D eigenvalue weighted by molar-refractivity contribution is 5.73. The molecule has 23 heavy (non-hydrogen) atoms. The minimum atomic E-state index is -0.224. The number of hydrogen-bond acceptors (Lipinski definition) is 4. The molecule has 0 radical (unpaired) electrons. The summed E-state index contributed by atoms with van der Waals surface area (Å²) >= 11 is 0. The maximum atomic E-state index is 12.1. The van der Waals surface area contributed by atoms with Gasteiger partial charge in [0.1, 0.15) is 11.6 Å². The number of hydrogen-bond donors (Lipinski definition) is 2. The number of benzene rings is 2. The van der Waals surface area contributed by atoms with E-state index < -0.39 is 0 Å². The van der Waals surface area contributed by atoms with Crippen molar-refractivity contribution in [1.29, 1.82) is 0 Å². The lowest BCUT2D eigenvalue weighted by Gasteiger charge is -2.11. The molecule has 2 aromatic carbocycles. The fraction of sp³-hybridized carbons (Fsp3) is 0.111. The summed E-state index contributed by atoms with van der Waals surface area (Å²) < 4.78 is 5.36. The van der Waals surface area contributed by atoms with Crippen molar-refractivity contribution in [2.24, 2.45) is 0 Å². The van der Waals surface area contributed by atoms with E-state index in [0.717, 1.165) is 11.1 Å². The van der Waals surface area contributed by atoms with Crippen molar-refractivity contribution in [3.8, 4) is 28.4 Å². The molecule has 3 rings (SSSR count). The molecule has 0 aliphatic carbocycles. The number of nitrogens with one attached hydrogen (secondary N) is 1. The molecule has 0 spiro atoms. The van der Waals surface area contributed by atoms with Crippen molar-refractivity contribution in [1.82, 2.24) is 9.97 Å². The molecule has 0 amide bonds. The van der Waals surface area contributed by atoms with Crippen LogP contribution >= 0.6 is 0 Å². The van der Waals surface area contributed by atoms with Gasteiger partial charge in [-0.1, -0.05) is 24.3 Å². The van der Waals surface area contributed by atoms with Gasteiger partial charge in [0.2, 0.25) is 0 Å². The molecule has 5 heteroatoms. The second-order valence-corrected chi connectivity index (χ2v) is 5.25. The molecule has 0 bridgehead atoms. The zero-order chi connectivity index (χ0) is 16.4. The molecule has 116 valence electrons. The van der Waals surface area contributed by atoms with E-state index in [4.69, 9.17) is 10.5 Å². The maximum Gasteiger partial charge on any atom is 0.251 e. The highest BCUT2D eigenvalue weighted by Crippen LogP contribution is 2.31. The molecule has 0 fully saturated rings. The standard InChI is InChI=1S/C18H17N3O2/c1-11-5-3-4-6-13(11)18-20-15(10-17(22)21-18)14-9-12(19)7-8-16(14)23-2/h3-10H,19H2,1-2H3,(H,20,21,22). The zero-order valence-corrected chi connectivity index (χ0v) is 13.0. The van der Waals surface area contributed by atoms with Crippen LogP contribution in [-0.2, 0) is 0 Å². The van der Waals surface area contributed by atoms with Crippen molar-refractivity contribution in [2.75, 3.05) is 12.8 Å². The third-order valence-corrected chi connectivity index (χ3v) is 3.64. The number of methoxy groups -OCH3 is 1. The number of aromatic nitrogens is 2. The summed E-state index contributed by atoms with van der Waals surface area (Å²) in [6, 6.07) is 14.5. The van der Waals surface area contributed by atoms with Crippen LogP contribution in [0.15, 0.2) is 53.3 Å². The van der Waals surface area contributed by atoms with Crippen LogP contribution in [0.2, 0.25) is 0 Å². The molecule has 0 atom stereocenters. The largest absolute Gasteiger partial charge is 0.496 e. The summed E-state index contributed by atoms with van der Waals surface area (Å²) in [6.45, 7) is 1.98. The number of H-pyrrole nitrogens is 1. The average Bonchev–Trinajstić information content (AvgIpc) is 2.54. The van der Waals surface area contributed by atoms with Gasteiger partial charge in [-0.3, -0.25) is 4.79 Å². The van der Waals surface area contributed by atoms with Crippen LogP contribution in [-0.4, -0.2) is 17.1 Å². The third kappa shape index (κ3) is 2.94. The number of nitrogens with two attached hydrogens (primary N) is 1. The molecule has 1 heterocycles. The SMILES string of the molecule is COc1ccc(N)cc1-c1cc(=O)[nH]c(-c2ccccc2C)n1. The number of nitrogen functional groups attached to an aromatic ring is 1. The Hall–Kier alpha value is -3.08. The van der Waals surface area contributed by atoms with Crippen LogP contribution in [0.5, 0.6) is 5.75 Å². The summed E-state index contributed by atoms with van der Waals surface area (Å²) in [5.74, 6) is 1.14. The van der Waals surface area contributed by atoms with Gasteiger partial charge >= 0.3 is 0 Å². The van der Waals surface area contributed by atoms with Gasteiger partial charge in [-0.15, -0.1) is 0 Å². The Morgan fingerprint density at radius 1 is 1.09 bits per heavy atom. The first-order chi connectivity index (χ1) is 11.1. The second-order valence-electron chi connectivity index (χ2n) is 5.25. The lowest BCUT2D eigenvalue weighted by Crippen LogP contribution is -2.09. The minimum Gasteiger partial charge on any atom is -0.496 e. The fourth-order valence-electron chi connectivity index (χ4n) is 2.49. The van der Waals surface area contributed by atoms with Gasteiger partial charge in [-0.05, 0) is 30.7 Å². The van der Waals surface area contributed by atoms with E-state index in [1.165, 1.54) is 6.07 Å². The van der Waals surface area contributed by atoms with Crippen molar-refractivity contribution in [3.05, 3.63) is 64.4 Å². The number of aromatic amines is 1. The number of aryl methyl sites for hydroxylation is 1. The van der Waals surface area contributed by atoms with Crippen LogP contribution < -0.4 is 16.0 Å². The normalized spacial score (nSPS) is 10.5. The molecule has 5 nitrogen and oxygen atoms in total. The van der Waals surface area contributed by atoms with E-state index in [9.17, 15) is 4.79 Å². The smallest absolute Gasteiger partial charge is 0.251 e. The fourth-order valence-corrected chi connectivity index (χ4v) is 2.49. The molecular weight excluding hydrogens is 290 g/mol. The van der Waals surface area contributed by atoms with Crippen molar-refractivity contribution in [3.63, 3.8) is 0 Å². The molecule has 0 unspecified atom stereocenters. The number of ether oxygens (including phenoxy) is 1. The topological polar surface area (TPSA) is 81.0 Å². The quantitative estimate of drug-likeness (QED) is 0.729. The summed E-state index contributed by atoms with van der Waals surface area (Å²) in [7, 11) is 1.57. The van der Waals surface area contributed by atoms with Gasteiger partial charge < -0.3 is 15.5 Å². The summed E-state index contributed by atoms with van der Waals surface area (Å²) in [6.07, 6.45) is 0. The van der Waals surface area contributed by atoms with Crippen LogP contribution in [0, 0.1) is 6.92 Å². The van der Waals surface area contributed by atoms with E-state index in [-0.39, 0.29) is 5.56 Å². The van der Waals surface area contributed by atoms with Gasteiger partial charge in [0, 0.05) is 22.9 Å². The van der Waals surface area contributed by atoms with E-state index in [1.807, 2.05) is 31.2 Å². The van der Waals surface area contributed by atoms with Crippen molar-refractivity contribution < 1.29 is 4.74 Å². The lowest BCUT2D eigenvalue weighted by atomic mass is 10.1. The Balaban J connectivity index is 2.22. The van der Waals surface area contributed by atoms with Crippen molar-refractivity contribution >= 4 is 5.69 Å². The molecular formula is C18H17N3O2. The molecule has 0 aliphatic rings. The Labute approximate surface area is 133 Å². The Morgan fingerprint density at radius 2 is 1.87 bits per heavy atom. The highest BCUT2D eigenvalue weighted by Gasteiger charge is 2.12. The average molecular weight is 307 g/mol. The number of rotatable bonds is 3.